The molecule has 6 heteroatoms. The van der Waals surface area contributed by atoms with Crippen LogP contribution in [0.15, 0.2) is 30.3 Å². The molecule has 160 valence electrons. The van der Waals surface area contributed by atoms with Gasteiger partial charge < -0.3 is 29.2 Å². The highest BCUT2D eigenvalue weighted by atomic mass is 16.6. The summed E-state index contributed by atoms with van der Waals surface area (Å²) in [5.74, 6) is 3.41. The van der Waals surface area contributed by atoms with Crippen molar-refractivity contribution in [3.8, 4) is 23.0 Å². The Kier molecular flexibility index (Phi) is 5.34. The van der Waals surface area contributed by atoms with Gasteiger partial charge in [0, 0.05) is 25.2 Å². The van der Waals surface area contributed by atoms with Crippen LogP contribution in [-0.2, 0) is 6.42 Å². The summed E-state index contributed by atoms with van der Waals surface area (Å²) in [5, 5.41) is 3.92. The van der Waals surface area contributed by atoms with Crippen LogP contribution in [-0.4, -0.2) is 46.6 Å². The second-order valence-electron chi connectivity index (χ2n) is 8.23. The topological polar surface area (TPSA) is 52.2 Å². The average Bonchev–Trinajstić information content (AvgIpc) is 3.19. The molecule has 1 N–H and O–H groups in total. The Balaban J connectivity index is 1.24. The number of ether oxygens (including phenoxy) is 4. The molecule has 1 saturated heterocycles. The van der Waals surface area contributed by atoms with Crippen LogP contribution in [0.4, 0.5) is 5.69 Å². The molecule has 3 aliphatic rings. The number of fused-ring (bicyclic) bond motifs is 2. The molecule has 5 rings (SSSR count). The number of piperidine rings is 1. The van der Waals surface area contributed by atoms with E-state index in [1.165, 1.54) is 11.1 Å². The van der Waals surface area contributed by atoms with E-state index in [-0.39, 0.29) is 0 Å². The summed E-state index contributed by atoms with van der Waals surface area (Å²) in [5.41, 5.74) is 3.89. The molecule has 2 heterocycles. The molecule has 2 aromatic rings. The van der Waals surface area contributed by atoms with Crippen molar-refractivity contribution in [3.63, 3.8) is 0 Å². The third kappa shape index (κ3) is 3.54. The van der Waals surface area contributed by atoms with Crippen molar-refractivity contribution in [1.82, 2.24) is 5.32 Å². The van der Waals surface area contributed by atoms with E-state index in [1.54, 1.807) is 14.2 Å². The minimum Gasteiger partial charge on any atom is -0.493 e. The van der Waals surface area contributed by atoms with E-state index in [4.69, 9.17) is 18.9 Å². The summed E-state index contributed by atoms with van der Waals surface area (Å²) < 4.78 is 22.7. The van der Waals surface area contributed by atoms with E-state index in [0.29, 0.717) is 25.3 Å². The van der Waals surface area contributed by atoms with Gasteiger partial charge in [0.15, 0.2) is 23.0 Å². The summed E-state index contributed by atoms with van der Waals surface area (Å²) in [4.78, 5) is 2.43. The number of nitrogens with zero attached hydrogens (tertiary/aromatic N) is 1. The zero-order chi connectivity index (χ0) is 20.5. The Morgan fingerprint density at radius 1 is 0.967 bits per heavy atom. The Bertz CT molecular complexity index is 908. The van der Waals surface area contributed by atoms with Crippen molar-refractivity contribution < 1.29 is 18.9 Å². The highest BCUT2D eigenvalue weighted by molar-refractivity contribution is 5.65. The maximum atomic E-state index is 5.92. The molecule has 0 bridgehead atoms. The Labute approximate surface area is 178 Å². The first-order valence-corrected chi connectivity index (χ1v) is 10.9. The lowest BCUT2D eigenvalue weighted by Crippen LogP contribution is -2.43. The molecule has 6 nitrogen and oxygen atoms in total. The number of nitrogens with one attached hydrogen (secondary N) is 1. The summed E-state index contributed by atoms with van der Waals surface area (Å²) >= 11 is 0. The standard InChI is InChI=1S/C24H30N2O4/c1-27-22-14-16-6-7-19(18(16)15-23(22)28-2)25-17-8-10-26(11-9-17)20-4-3-5-21-24(20)30-13-12-29-21/h3-5,14-15,17,19,25H,6-13H2,1-2H3. The van der Waals surface area contributed by atoms with Crippen LogP contribution >= 0.6 is 0 Å². The molecular formula is C24H30N2O4. The average molecular weight is 411 g/mol. The number of aryl methyl sites for hydroxylation is 1. The molecule has 1 aliphatic carbocycles. The minimum absolute atomic E-state index is 0.387. The Hall–Kier alpha value is -2.60. The molecule has 2 aliphatic heterocycles. The largest absolute Gasteiger partial charge is 0.493 e. The van der Waals surface area contributed by atoms with Crippen molar-refractivity contribution >= 4 is 5.69 Å². The van der Waals surface area contributed by atoms with Crippen molar-refractivity contribution in [3.05, 3.63) is 41.5 Å². The first-order chi connectivity index (χ1) is 14.8. The molecule has 0 amide bonds. The maximum absolute atomic E-state index is 5.92. The molecule has 0 saturated carbocycles. The predicted octanol–water partition coefficient (Wildman–Crippen LogP) is 3.72. The molecule has 0 aromatic heterocycles. The van der Waals surface area contributed by atoms with Crippen LogP contribution in [0.25, 0.3) is 0 Å². The van der Waals surface area contributed by atoms with E-state index in [0.717, 1.165) is 67.5 Å². The van der Waals surface area contributed by atoms with Crippen LogP contribution in [0.2, 0.25) is 0 Å². The third-order valence-electron chi connectivity index (χ3n) is 6.54. The number of hydrogen-bond acceptors (Lipinski definition) is 6. The van der Waals surface area contributed by atoms with Crippen LogP contribution in [0.1, 0.15) is 36.4 Å². The lowest BCUT2D eigenvalue weighted by atomic mass is 10.0. The fourth-order valence-electron chi connectivity index (χ4n) is 4.99. The Morgan fingerprint density at radius 3 is 2.53 bits per heavy atom. The minimum atomic E-state index is 0.387. The molecule has 1 fully saturated rings. The van der Waals surface area contributed by atoms with E-state index < -0.39 is 0 Å². The van der Waals surface area contributed by atoms with Crippen LogP contribution in [0, 0.1) is 0 Å². The second kappa shape index (κ2) is 8.26. The van der Waals surface area contributed by atoms with Crippen molar-refractivity contribution in [2.45, 2.75) is 37.8 Å². The molecule has 30 heavy (non-hydrogen) atoms. The van der Waals surface area contributed by atoms with Crippen molar-refractivity contribution in [2.24, 2.45) is 0 Å². The highest BCUT2D eigenvalue weighted by Crippen LogP contribution is 2.42. The number of para-hydroxylation sites is 1. The number of hydrogen-bond donors (Lipinski definition) is 1. The smallest absolute Gasteiger partial charge is 0.184 e. The zero-order valence-electron chi connectivity index (χ0n) is 17.8. The lowest BCUT2D eigenvalue weighted by Gasteiger charge is -2.36. The van der Waals surface area contributed by atoms with E-state index >= 15 is 0 Å². The first kappa shape index (κ1) is 19.4. The van der Waals surface area contributed by atoms with E-state index in [1.807, 2.05) is 6.07 Å². The van der Waals surface area contributed by atoms with Crippen LogP contribution in [0.3, 0.4) is 0 Å². The summed E-state index contributed by atoms with van der Waals surface area (Å²) in [6, 6.07) is 11.4. The van der Waals surface area contributed by atoms with Crippen LogP contribution < -0.4 is 29.2 Å². The van der Waals surface area contributed by atoms with Crippen molar-refractivity contribution in [1.29, 1.82) is 0 Å². The highest BCUT2D eigenvalue weighted by Gasteiger charge is 2.29. The summed E-state index contributed by atoms with van der Waals surface area (Å²) in [6.07, 6.45) is 4.44. The lowest BCUT2D eigenvalue weighted by molar-refractivity contribution is 0.172. The quantitative estimate of drug-likeness (QED) is 0.811. The maximum Gasteiger partial charge on any atom is 0.184 e. The molecule has 0 radical (unpaired) electrons. The third-order valence-corrected chi connectivity index (χ3v) is 6.54. The number of rotatable bonds is 5. The van der Waals surface area contributed by atoms with Gasteiger partial charge in [-0.05, 0) is 61.1 Å². The van der Waals surface area contributed by atoms with E-state index in [2.05, 4.69) is 34.5 Å². The van der Waals surface area contributed by atoms with Gasteiger partial charge in [-0.2, -0.15) is 0 Å². The normalized spacial score (nSPS) is 20.7. The monoisotopic (exact) mass is 410 g/mol. The second-order valence-corrected chi connectivity index (χ2v) is 8.23. The van der Waals surface area contributed by atoms with Gasteiger partial charge >= 0.3 is 0 Å². The number of methoxy groups -OCH3 is 2. The fraction of sp³-hybridized carbons (Fsp3) is 0.500. The first-order valence-electron chi connectivity index (χ1n) is 10.9. The fourth-order valence-corrected chi connectivity index (χ4v) is 4.99. The number of benzene rings is 2. The van der Waals surface area contributed by atoms with E-state index in [9.17, 15) is 0 Å². The van der Waals surface area contributed by atoms with Gasteiger partial charge in [0.05, 0.1) is 19.9 Å². The van der Waals surface area contributed by atoms with Gasteiger partial charge in [-0.1, -0.05) is 6.07 Å². The number of anilines is 1. The molecular weight excluding hydrogens is 380 g/mol. The van der Waals surface area contributed by atoms with Gasteiger partial charge in [0.1, 0.15) is 13.2 Å². The molecule has 1 unspecified atom stereocenters. The molecule has 0 spiro atoms. The summed E-state index contributed by atoms with van der Waals surface area (Å²) in [6.45, 7) is 3.28. The van der Waals surface area contributed by atoms with Gasteiger partial charge in [-0.3, -0.25) is 0 Å². The van der Waals surface area contributed by atoms with Crippen LogP contribution in [0.5, 0.6) is 23.0 Å². The van der Waals surface area contributed by atoms with Gasteiger partial charge in [0.25, 0.3) is 0 Å². The molecule has 2 aromatic carbocycles. The SMILES string of the molecule is COc1cc2c(cc1OC)C(NC1CCN(c3cccc4c3OCCO4)CC1)CC2. The predicted molar refractivity (Wildman–Crippen MR) is 116 cm³/mol. The van der Waals surface area contributed by atoms with Gasteiger partial charge in [0.2, 0.25) is 0 Å². The van der Waals surface area contributed by atoms with Gasteiger partial charge in [-0.15, -0.1) is 0 Å². The van der Waals surface area contributed by atoms with Crippen molar-refractivity contribution in [2.75, 3.05) is 45.4 Å². The van der Waals surface area contributed by atoms with Gasteiger partial charge in [-0.25, -0.2) is 0 Å². The zero-order valence-corrected chi connectivity index (χ0v) is 17.8. The summed E-state index contributed by atoms with van der Waals surface area (Å²) in [7, 11) is 3.40. The molecule has 1 atom stereocenters. The Morgan fingerprint density at radius 2 is 1.73 bits per heavy atom.